The predicted molar refractivity (Wildman–Crippen MR) is 59.3 cm³/mol. The van der Waals surface area contributed by atoms with Gasteiger partial charge in [-0.15, -0.1) is 0 Å². The zero-order valence-corrected chi connectivity index (χ0v) is 10.5. The van der Waals surface area contributed by atoms with Crippen LogP contribution in [0.15, 0.2) is 0 Å². The molecule has 0 saturated heterocycles. The molecule has 90 valence electrons. The van der Waals surface area contributed by atoms with Crippen LogP contribution in [0.5, 0.6) is 0 Å². The van der Waals surface area contributed by atoms with Gasteiger partial charge in [-0.25, -0.2) is 0 Å². The van der Waals surface area contributed by atoms with Gasteiger partial charge in [0.25, 0.3) is 0 Å². The second-order valence-corrected chi connectivity index (χ2v) is 5.87. The Labute approximate surface area is 91.8 Å². The molecule has 0 aliphatic carbocycles. The molecule has 0 heterocycles. The first-order chi connectivity index (χ1) is 6.45. The predicted octanol–water partition coefficient (Wildman–Crippen LogP) is 1.06. The Kier molecular flexibility index (Phi) is 4.31. The van der Waals surface area contributed by atoms with E-state index in [0.29, 0.717) is 0 Å². The first-order valence-corrected chi connectivity index (χ1v) is 5.11. The standard InChI is InChI=1S/C11H23NO3/c1-10(2,3)8(13)7(12)9(14)15-11(4,5)6/h7-8,13H,12H2,1-6H3. The zero-order valence-electron chi connectivity index (χ0n) is 10.5. The van der Waals surface area contributed by atoms with Crippen LogP contribution in [0.2, 0.25) is 0 Å². The Balaban J connectivity index is 4.46. The van der Waals surface area contributed by atoms with Crippen molar-refractivity contribution in [3.63, 3.8) is 0 Å². The number of hydrogen-bond donors (Lipinski definition) is 2. The molecule has 0 aromatic rings. The number of aliphatic hydroxyl groups is 1. The number of esters is 1. The van der Waals surface area contributed by atoms with E-state index in [-0.39, 0.29) is 0 Å². The molecule has 0 spiro atoms. The van der Waals surface area contributed by atoms with Crippen molar-refractivity contribution >= 4 is 5.97 Å². The summed E-state index contributed by atoms with van der Waals surface area (Å²) in [7, 11) is 0. The minimum atomic E-state index is -0.996. The highest BCUT2D eigenvalue weighted by Gasteiger charge is 2.34. The average molecular weight is 217 g/mol. The topological polar surface area (TPSA) is 72.5 Å². The van der Waals surface area contributed by atoms with Gasteiger partial charge < -0.3 is 15.6 Å². The molecule has 0 aliphatic heterocycles. The van der Waals surface area contributed by atoms with Gasteiger partial charge >= 0.3 is 5.97 Å². The summed E-state index contributed by atoms with van der Waals surface area (Å²) < 4.78 is 5.09. The second-order valence-electron chi connectivity index (χ2n) is 5.87. The molecule has 0 bridgehead atoms. The lowest BCUT2D eigenvalue weighted by atomic mass is 9.85. The van der Waals surface area contributed by atoms with Crippen molar-refractivity contribution in [2.45, 2.75) is 59.3 Å². The highest BCUT2D eigenvalue weighted by molar-refractivity contribution is 5.76. The normalized spacial score (nSPS) is 17.1. The van der Waals surface area contributed by atoms with Crippen LogP contribution in [0.4, 0.5) is 0 Å². The smallest absolute Gasteiger partial charge is 0.326 e. The summed E-state index contributed by atoms with van der Waals surface area (Å²) in [6.45, 7) is 10.8. The fourth-order valence-corrected chi connectivity index (χ4v) is 1.04. The molecule has 0 radical (unpaired) electrons. The van der Waals surface area contributed by atoms with E-state index in [0.717, 1.165) is 0 Å². The third kappa shape index (κ3) is 5.14. The molecule has 15 heavy (non-hydrogen) atoms. The van der Waals surface area contributed by atoms with Crippen LogP contribution >= 0.6 is 0 Å². The van der Waals surface area contributed by atoms with Crippen molar-refractivity contribution in [3.8, 4) is 0 Å². The molecular formula is C11H23NO3. The van der Waals surface area contributed by atoms with Crippen LogP contribution in [0.25, 0.3) is 0 Å². The molecule has 0 fully saturated rings. The molecule has 0 aromatic heterocycles. The molecule has 0 saturated carbocycles. The molecular weight excluding hydrogens is 194 g/mol. The summed E-state index contributed by atoms with van der Waals surface area (Å²) in [5.74, 6) is -0.565. The lowest BCUT2D eigenvalue weighted by molar-refractivity contribution is -0.161. The molecule has 0 aromatic carbocycles. The number of ether oxygens (including phenoxy) is 1. The Hall–Kier alpha value is -0.610. The van der Waals surface area contributed by atoms with E-state index in [1.165, 1.54) is 0 Å². The fourth-order valence-electron chi connectivity index (χ4n) is 1.04. The lowest BCUT2D eigenvalue weighted by Crippen LogP contribution is -2.50. The number of hydrogen-bond acceptors (Lipinski definition) is 4. The summed E-state index contributed by atoms with van der Waals surface area (Å²) in [6.07, 6.45) is -0.910. The number of carbonyl (C=O) groups is 1. The van der Waals surface area contributed by atoms with Crippen molar-refractivity contribution in [3.05, 3.63) is 0 Å². The van der Waals surface area contributed by atoms with Gasteiger partial charge in [-0.2, -0.15) is 0 Å². The lowest BCUT2D eigenvalue weighted by Gasteiger charge is -2.31. The van der Waals surface area contributed by atoms with Crippen LogP contribution < -0.4 is 5.73 Å². The maximum Gasteiger partial charge on any atom is 0.326 e. The van der Waals surface area contributed by atoms with E-state index in [1.54, 1.807) is 20.8 Å². The van der Waals surface area contributed by atoms with Crippen molar-refractivity contribution in [1.82, 2.24) is 0 Å². The van der Waals surface area contributed by atoms with Crippen LogP contribution in [-0.4, -0.2) is 28.8 Å². The summed E-state index contributed by atoms with van der Waals surface area (Å²) in [6, 6.07) is -0.996. The Morgan fingerprint density at radius 3 is 1.87 bits per heavy atom. The monoisotopic (exact) mass is 217 g/mol. The van der Waals surface area contributed by atoms with Crippen LogP contribution in [-0.2, 0) is 9.53 Å². The van der Waals surface area contributed by atoms with E-state index >= 15 is 0 Å². The Bertz CT molecular complexity index is 225. The summed E-state index contributed by atoms with van der Waals surface area (Å²) in [5.41, 5.74) is 4.62. The molecule has 0 aliphatic rings. The third-order valence-electron chi connectivity index (χ3n) is 1.91. The van der Waals surface area contributed by atoms with Crippen molar-refractivity contribution in [2.75, 3.05) is 0 Å². The molecule has 2 atom stereocenters. The molecule has 4 nitrogen and oxygen atoms in total. The summed E-state index contributed by atoms with van der Waals surface area (Å²) in [4.78, 5) is 11.5. The van der Waals surface area contributed by atoms with E-state index in [2.05, 4.69) is 0 Å². The minimum Gasteiger partial charge on any atom is -0.459 e. The number of rotatable bonds is 2. The van der Waals surface area contributed by atoms with Crippen molar-refractivity contribution < 1.29 is 14.6 Å². The quantitative estimate of drug-likeness (QED) is 0.678. The van der Waals surface area contributed by atoms with E-state index in [1.807, 2.05) is 20.8 Å². The van der Waals surface area contributed by atoms with Crippen LogP contribution in [0, 0.1) is 5.41 Å². The summed E-state index contributed by atoms with van der Waals surface area (Å²) >= 11 is 0. The molecule has 2 unspecified atom stereocenters. The first-order valence-electron chi connectivity index (χ1n) is 5.11. The van der Waals surface area contributed by atoms with Gasteiger partial charge in [0.05, 0.1) is 6.10 Å². The van der Waals surface area contributed by atoms with Gasteiger partial charge in [0.2, 0.25) is 0 Å². The Morgan fingerprint density at radius 2 is 1.60 bits per heavy atom. The molecule has 4 heteroatoms. The highest BCUT2D eigenvalue weighted by atomic mass is 16.6. The maximum absolute atomic E-state index is 11.5. The average Bonchev–Trinajstić information content (AvgIpc) is 1.96. The van der Waals surface area contributed by atoms with Gasteiger partial charge in [0.15, 0.2) is 0 Å². The van der Waals surface area contributed by atoms with E-state index < -0.39 is 29.1 Å². The SMILES string of the molecule is CC(C)(C)OC(=O)C(N)C(O)C(C)(C)C. The zero-order chi connectivity index (χ0) is 12.4. The van der Waals surface area contributed by atoms with Gasteiger partial charge in [0, 0.05) is 0 Å². The molecule has 0 rings (SSSR count). The first kappa shape index (κ1) is 14.4. The third-order valence-corrected chi connectivity index (χ3v) is 1.91. The van der Waals surface area contributed by atoms with Gasteiger partial charge in [-0.3, -0.25) is 4.79 Å². The van der Waals surface area contributed by atoms with Gasteiger partial charge in [-0.05, 0) is 26.2 Å². The van der Waals surface area contributed by atoms with Crippen molar-refractivity contribution in [2.24, 2.45) is 11.1 Å². The Morgan fingerprint density at radius 1 is 1.20 bits per heavy atom. The van der Waals surface area contributed by atoms with Gasteiger partial charge in [0.1, 0.15) is 11.6 Å². The van der Waals surface area contributed by atoms with Crippen molar-refractivity contribution in [1.29, 1.82) is 0 Å². The minimum absolute atomic E-state index is 0.434. The molecule has 3 N–H and O–H groups in total. The second kappa shape index (κ2) is 4.49. The van der Waals surface area contributed by atoms with Crippen LogP contribution in [0.1, 0.15) is 41.5 Å². The molecule has 0 amide bonds. The van der Waals surface area contributed by atoms with Crippen LogP contribution in [0.3, 0.4) is 0 Å². The maximum atomic E-state index is 11.5. The van der Waals surface area contributed by atoms with E-state index in [9.17, 15) is 9.90 Å². The fraction of sp³-hybridized carbons (Fsp3) is 0.909. The summed E-state index contributed by atoms with van der Waals surface area (Å²) in [5, 5.41) is 9.80. The number of carbonyl (C=O) groups excluding carboxylic acids is 1. The number of nitrogens with two attached hydrogens (primary N) is 1. The highest BCUT2D eigenvalue weighted by Crippen LogP contribution is 2.22. The largest absolute Gasteiger partial charge is 0.459 e. The van der Waals surface area contributed by atoms with Gasteiger partial charge in [-0.1, -0.05) is 20.8 Å². The van der Waals surface area contributed by atoms with E-state index in [4.69, 9.17) is 10.5 Å². The number of aliphatic hydroxyl groups excluding tert-OH is 1.